The Kier molecular flexibility index (Phi) is 56.2. The first-order chi connectivity index (χ1) is 37.2. The van der Waals surface area contributed by atoms with E-state index in [1.807, 2.05) is 0 Å². The Bertz CT molecular complexity index is 1510. The maximum atomic E-state index is 12.9. The van der Waals surface area contributed by atoms with E-state index in [2.05, 4.69) is 81.5 Å². The van der Waals surface area contributed by atoms with Crippen LogP contribution in [0, 0.1) is 0 Å². The second-order valence-corrected chi connectivity index (χ2v) is 22.3. The van der Waals surface area contributed by atoms with E-state index in [1.54, 1.807) is 0 Å². The topological polar surface area (TPSA) is 155 Å². The summed E-state index contributed by atoms with van der Waals surface area (Å²) in [5, 5.41) is 9.84. The van der Waals surface area contributed by atoms with Crippen LogP contribution in [0.15, 0.2) is 60.8 Å². The molecule has 0 saturated heterocycles. The highest BCUT2D eigenvalue weighted by atomic mass is 31.2. The number of aliphatic hydroxyl groups is 1. The standard InChI is InChI=1S/C64H115O11P/c1-4-7-10-13-16-19-22-24-26-28-30-32-34-36-39-42-45-48-51-54-63(67)74-60(56-65)58-72-76(69,70)73-59-61(57-71-62(66)53-50-47-44-41-38-21-18-15-12-9-6-3)75-64(68)55-52-49-46-43-40-37-35-33-31-29-27-25-23-20-17-14-11-8-5-2/h16-17,19-20,24-27,31,33,60-61,65H,4-15,18,21-23,28-30,32,34-59H2,1-3H3,(H,69,70)/b19-16-,20-17-,26-24-,27-25-,33-31-. The maximum Gasteiger partial charge on any atom is 0.472 e. The van der Waals surface area contributed by atoms with Crippen LogP contribution in [-0.2, 0) is 42.2 Å². The van der Waals surface area contributed by atoms with Gasteiger partial charge in [-0.3, -0.25) is 23.4 Å². The van der Waals surface area contributed by atoms with Crippen LogP contribution in [0.2, 0.25) is 0 Å². The molecule has 76 heavy (non-hydrogen) atoms. The van der Waals surface area contributed by atoms with Crippen molar-refractivity contribution >= 4 is 25.7 Å². The highest BCUT2D eigenvalue weighted by Gasteiger charge is 2.28. The number of unbranched alkanes of at least 4 members (excludes halogenated alkanes) is 31. The Hall–Kier alpha value is -2.82. The zero-order valence-electron chi connectivity index (χ0n) is 49.0. The summed E-state index contributed by atoms with van der Waals surface area (Å²) in [6.45, 7) is 4.60. The quantitative estimate of drug-likeness (QED) is 0.0197. The van der Waals surface area contributed by atoms with E-state index in [-0.39, 0.29) is 25.9 Å². The molecule has 2 N–H and O–H groups in total. The molecule has 0 spiro atoms. The van der Waals surface area contributed by atoms with Gasteiger partial charge in [0.05, 0.1) is 19.8 Å². The van der Waals surface area contributed by atoms with Crippen molar-refractivity contribution in [2.45, 2.75) is 303 Å². The maximum absolute atomic E-state index is 12.9. The molecule has 0 aliphatic carbocycles. The lowest BCUT2D eigenvalue weighted by Crippen LogP contribution is -2.30. The lowest BCUT2D eigenvalue weighted by Gasteiger charge is -2.21. The van der Waals surface area contributed by atoms with Gasteiger partial charge in [0.25, 0.3) is 0 Å². The molecule has 442 valence electrons. The molecule has 0 radical (unpaired) electrons. The summed E-state index contributed by atoms with van der Waals surface area (Å²) in [5.41, 5.74) is 0. The molecule has 0 fully saturated rings. The normalized spacial score (nSPS) is 13.7. The number of allylic oxidation sites excluding steroid dienone is 10. The Morgan fingerprint density at radius 3 is 1.01 bits per heavy atom. The molecule has 0 amide bonds. The van der Waals surface area contributed by atoms with E-state index < -0.39 is 57.8 Å². The average Bonchev–Trinajstić information content (AvgIpc) is 3.41. The predicted octanol–water partition coefficient (Wildman–Crippen LogP) is 18.7. The van der Waals surface area contributed by atoms with Crippen LogP contribution < -0.4 is 0 Å². The second-order valence-electron chi connectivity index (χ2n) is 20.9. The molecule has 11 nitrogen and oxygen atoms in total. The summed E-state index contributed by atoms with van der Waals surface area (Å²) >= 11 is 0. The molecule has 0 aliphatic heterocycles. The molecule has 3 unspecified atom stereocenters. The number of esters is 3. The summed E-state index contributed by atoms with van der Waals surface area (Å²) < 4.78 is 39.6. The largest absolute Gasteiger partial charge is 0.472 e. The van der Waals surface area contributed by atoms with Gasteiger partial charge < -0.3 is 24.2 Å². The van der Waals surface area contributed by atoms with E-state index in [1.165, 1.54) is 128 Å². The van der Waals surface area contributed by atoms with Crippen molar-refractivity contribution in [3.8, 4) is 0 Å². The third-order valence-electron chi connectivity index (χ3n) is 13.4. The van der Waals surface area contributed by atoms with Crippen molar-refractivity contribution < 1.29 is 52.2 Å². The molecule has 0 bridgehead atoms. The number of rotatable bonds is 58. The number of phosphoric acid groups is 1. The molecule has 0 aromatic rings. The fraction of sp³-hybridized carbons (Fsp3) is 0.797. The molecular formula is C64H115O11P. The van der Waals surface area contributed by atoms with Crippen LogP contribution in [0.3, 0.4) is 0 Å². The minimum Gasteiger partial charge on any atom is -0.462 e. The lowest BCUT2D eigenvalue weighted by molar-refractivity contribution is -0.161. The van der Waals surface area contributed by atoms with Gasteiger partial charge in [-0.2, -0.15) is 0 Å². The van der Waals surface area contributed by atoms with Crippen molar-refractivity contribution in [3.05, 3.63) is 60.8 Å². The first kappa shape index (κ1) is 73.2. The van der Waals surface area contributed by atoms with E-state index in [9.17, 15) is 28.9 Å². The first-order valence-electron chi connectivity index (χ1n) is 31.2. The third kappa shape index (κ3) is 55.9. The summed E-state index contributed by atoms with van der Waals surface area (Å²) in [4.78, 5) is 48.6. The summed E-state index contributed by atoms with van der Waals surface area (Å²) in [5.74, 6) is -1.47. The van der Waals surface area contributed by atoms with Crippen molar-refractivity contribution in [3.63, 3.8) is 0 Å². The molecule has 12 heteroatoms. The Morgan fingerprint density at radius 1 is 0.368 bits per heavy atom. The van der Waals surface area contributed by atoms with E-state index in [0.29, 0.717) is 19.3 Å². The smallest absolute Gasteiger partial charge is 0.462 e. The van der Waals surface area contributed by atoms with Crippen LogP contribution in [0.1, 0.15) is 290 Å². The average molecular weight is 1090 g/mol. The van der Waals surface area contributed by atoms with E-state index in [0.717, 1.165) is 103 Å². The van der Waals surface area contributed by atoms with Crippen molar-refractivity contribution in [1.82, 2.24) is 0 Å². The van der Waals surface area contributed by atoms with Gasteiger partial charge in [-0.15, -0.1) is 0 Å². The van der Waals surface area contributed by atoms with Gasteiger partial charge >= 0.3 is 25.7 Å². The van der Waals surface area contributed by atoms with E-state index >= 15 is 0 Å². The lowest BCUT2D eigenvalue weighted by atomic mass is 10.1. The highest BCUT2D eigenvalue weighted by Crippen LogP contribution is 2.43. The fourth-order valence-electron chi connectivity index (χ4n) is 8.63. The van der Waals surface area contributed by atoms with Crippen LogP contribution in [-0.4, -0.2) is 66.5 Å². The third-order valence-corrected chi connectivity index (χ3v) is 14.4. The monoisotopic (exact) mass is 1090 g/mol. The molecule has 0 aromatic heterocycles. The zero-order chi connectivity index (χ0) is 55.5. The van der Waals surface area contributed by atoms with Gasteiger partial charge in [0, 0.05) is 19.3 Å². The van der Waals surface area contributed by atoms with Crippen molar-refractivity contribution in [2.75, 3.05) is 26.4 Å². The summed E-state index contributed by atoms with van der Waals surface area (Å²) in [6.07, 6.45) is 64.5. The van der Waals surface area contributed by atoms with Gasteiger partial charge in [-0.25, -0.2) is 4.57 Å². The van der Waals surface area contributed by atoms with Crippen LogP contribution in [0.25, 0.3) is 0 Å². The number of aliphatic hydroxyl groups excluding tert-OH is 1. The minimum absolute atomic E-state index is 0.154. The molecule has 0 heterocycles. The molecule has 0 aliphatic rings. The number of phosphoric ester groups is 1. The van der Waals surface area contributed by atoms with Gasteiger partial charge in [0.2, 0.25) is 0 Å². The van der Waals surface area contributed by atoms with Gasteiger partial charge in [-0.05, 0) is 89.9 Å². The SMILES string of the molecule is CCCCC/C=C\C/C=C\C/C=C\CCCCCCCCC(=O)OC(COC(=O)CCCCCCCCCCCCC)COP(=O)(O)OCC(CO)OC(=O)CCCCCCCCCCC/C=C\C/C=C\CCCCC. The summed E-state index contributed by atoms with van der Waals surface area (Å²) in [7, 11) is -4.75. The van der Waals surface area contributed by atoms with E-state index in [4.69, 9.17) is 23.3 Å². The van der Waals surface area contributed by atoms with Crippen molar-refractivity contribution in [2.24, 2.45) is 0 Å². The van der Waals surface area contributed by atoms with Gasteiger partial charge in [-0.1, -0.05) is 242 Å². The fourth-order valence-corrected chi connectivity index (χ4v) is 9.41. The Morgan fingerprint density at radius 2 is 0.645 bits per heavy atom. The predicted molar refractivity (Wildman–Crippen MR) is 316 cm³/mol. The van der Waals surface area contributed by atoms with Crippen LogP contribution in [0.5, 0.6) is 0 Å². The zero-order valence-corrected chi connectivity index (χ0v) is 49.9. The highest BCUT2D eigenvalue weighted by molar-refractivity contribution is 7.47. The number of carbonyl (C=O) groups is 3. The number of hydrogen-bond acceptors (Lipinski definition) is 10. The molecule has 0 aromatic carbocycles. The molecule has 0 saturated carbocycles. The number of carbonyl (C=O) groups excluding carboxylic acids is 3. The molecule has 3 atom stereocenters. The first-order valence-corrected chi connectivity index (χ1v) is 32.7. The Labute approximate surface area is 465 Å². The molecular weight excluding hydrogens is 976 g/mol. The van der Waals surface area contributed by atoms with Crippen LogP contribution in [0.4, 0.5) is 0 Å². The van der Waals surface area contributed by atoms with Gasteiger partial charge in [0.1, 0.15) is 12.7 Å². The minimum atomic E-state index is -4.75. The van der Waals surface area contributed by atoms with Crippen LogP contribution >= 0.6 is 7.82 Å². The summed E-state index contributed by atoms with van der Waals surface area (Å²) in [6, 6.07) is 0. The Balaban J connectivity index is 4.64. The molecule has 0 rings (SSSR count). The van der Waals surface area contributed by atoms with Crippen molar-refractivity contribution in [1.29, 1.82) is 0 Å². The van der Waals surface area contributed by atoms with Gasteiger partial charge in [0.15, 0.2) is 6.10 Å². The number of ether oxygens (including phenoxy) is 3. The number of hydrogen-bond donors (Lipinski definition) is 2. The second kappa shape index (κ2) is 58.3.